The lowest BCUT2D eigenvalue weighted by atomic mass is 9.81. The van der Waals surface area contributed by atoms with E-state index in [-0.39, 0.29) is 17.8 Å². The van der Waals surface area contributed by atoms with Crippen molar-refractivity contribution in [1.82, 2.24) is 0 Å². The average molecular weight is 486 g/mol. The van der Waals surface area contributed by atoms with E-state index in [1.165, 1.54) is 19.2 Å². The molecule has 0 saturated carbocycles. The SMILES string of the molecule is [B]c1cc(C(F)(C(F)(F)F)C(F)(F)C(F)(F)F)cc(C)c1NC(=O)c1cccc(NC)c1F. The highest BCUT2D eigenvalue weighted by Gasteiger charge is 2.81. The third-order valence-corrected chi connectivity index (χ3v) is 4.69. The van der Waals surface area contributed by atoms with E-state index in [4.69, 9.17) is 7.85 Å². The molecule has 14 heteroatoms. The number of carbonyl (C=O) groups excluding carboxylic acids is 1. The number of anilines is 2. The first kappa shape index (κ1) is 26.3. The molecule has 178 valence electrons. The second-order valence-corrected chi connectivity index (χ2v) is 6.86. The molecule has 0 saturated heterocycles. The fourth-order valence-electron chi connectivity index (χ4n) is 2.98. The molecule has 33 heavy (non-hydrogen) atoms. The third-order valence-electron chi connectivity index (χ3n) is 4.69. The van der Waals surface area contributed by atoms with Gasteiger partial charge in [0.2, 0.25) is 0 Å². The molecule has 3 nitrogen and oxygen atoms in total. The van der Waals surface area contributed by atoms with Gasteiger partial charge in [0, 0.05) is 18.3 Å². The predicted molar refractivity (Wildman–Crippen MR) is 100 cm³/mol. The summed E-state index contributed by atoms with van der Waals surface area (Å²) in [6, 6.07) is 3.53. The molecule has 2 aromatic rings. The van der Waals surface area contributed by atoms with Crippen LogP contribution in [0.5, 0.6) is 0 Å². The molecule has 0 aliphatic rings. The molecule has 1 amide bonds. The zero-order valence-electron chi connectivity index (χ0n) is 16.7. The first-order valence-corrected chi connectivity index (χ1v) is 8.78. The number of aryl methyl sites for hydroxylation is 1. The lowest BCUT2D eigenvalue weighted by Crippen LogP contribution is -2.60. The summed E-state index contributed by atoms with van der Waals surface area (Å²) in [7, 11) is 6.80. The standard InChI is InChI=1S/C19H13BF10N2O/c1-8-6-9(16(22,18(25,26)27)17(23,24)19(28,29)30)7-11(20)14(8)32-15(33)10-4-3-5-12(31-2)13(10)21/h3-7,31H,1-2H3,(H,32,33). The summed E-state index contributed by atoms with van der Waals surface area (Å²) < 4.78 is 134. The van der Waals surface area contributed by atoms with Gasteiger partial charge in [-0.3, -0.25) is 4.79 Å². The number of alkyl halides is 9. The highest BCUT2D eigenvalue weighted by atomic mass is 19.4. The van der Waals surface area contributed by atoms with Gasteiger partial charge in [-0.1, -0.05) is 23.7 Å². The number of nitrogens with one attached hydrogen (secondary N) is 2. The van der Waals surface area contributed by atoms with Gasteiger partial charge < -0.3 is 10.6 Å². The molecule has 0 heterocycles. The van der Waals surface area contributed by atoms with Gasteiger partial charge in [0.1, 0.15) is 7.85 Å². The maximum Gasteiger partial charge on any atom is 0.457 e. The van der Waals surface area contributed by atoms with E-state index >= 15 is 0 Å². The minimum absolute atomic E-state index is 0.0412. The number of halogens is 10. The van der Waals surface area contributed by atoms with Crippen molar-refractivity contribution in [3.05, 3.63) is 52.8 Å². The summed E-state index contributed by atoms with van der Waals surface area (Å²) in [5.41, 5.74) is -11.1. The van der Waals surface area contributed by atoms with E-state index in [1.54, 1.807) is 0 Å². The molecular weight excluding hydrogens is 473 g/mol. The van der Waals surface area contributed by atoms with Crippen LogP contribution in [0.2, 0.25) is 0 Å². The number of hydrogen-bond acceptors (Lipinski definition) is 2. The van der Waals surface area contributed by atoms with E-state index in [1.807, 2.05) is 5.32 Å². The first-order valence-electron chi connectivity index (χ1n) is 8.78. The summed E-state index contributed by atoms with van der Waals surface area (Å²) in [6.45, 7) is 0.873. The Kier molecular flexibility index (Phi) is 6.74. The minimum Gasteiger partial charge on any atom is -0.386 e. The lowest BCUT2D eigenvalue weighted by Gasteiger charge is -2.36. The molecule has 0 bridgehead atoms. The van der Waals surface area contributed by atoms with Gasteiger partial charge in [0.15, 0.2) is 5.82 Å². The van der Waals surface area contributed by atoms with Crippen LogP contribution in [0.3, 0.4) is 0 Å². The molecule has 0 aliphatic heterocycles. The van der Waals surface area contributed by atoms with Crippen molar-refractivity contribution in [1.29, 1.82) is 0 Å². The van der Waals surface area contributed by atoms with Crippen LogP contribution in [0.1, 0.15) is 21.5 Å². The van der Waals surface area contributed by atoms with Crippen LogP contribution in [-0.4, -0.2) is 39.1 Å². The number of amides is 1. The second kappa shape index (κ2) is 8.45. The van der Waals surface area contributed by atoms with Crippen molar-refractivity contribution in [3.63, 3.8) is 0 Å². The molecule has 0 aromatic heterocycles. The molecule has 0 fully saturated rings. The van der Waals surface area contributed by atoms with Gasteiger partial charge in [0.25, 0.3) is 5.91 Å². The quantitative estimate of drug-likeness (QED) is 0.454. The Labute approximate surface area is 181 Å². The number of rotatable bonds is 5. The van der Waals surface area contributed by atoms with Crippen molar-refractivity contribution >= 4 is 30.6 Å². The van der Waals surface area contributed by atoms with Gasteiger partial charge in [-0.15, -0.1) is 0 Å². The van der Waals surface area contributed by atoms with E-state index in [9.17, 15) is 48.7 Å². The zero-order chi connectivity index (χ0) is 25.6. The van der Waals surface area contributed by atoms with Crippen LogP contribution in [0.25, 0.3) is 0 Å². The van der Waals surface area contributed by atoms with Crippen molar-refractivity contribution in [2.45, 2.75) is 30.9 Å². The first-order chi connectivity index (χ1) is 14.9. The van der Waals surface area contributed by atoms with Crippen molar-refractivity contribution in [3.8, 4) is 0 Å². The van der Waals surface area contributed by atoms with Gasteiger partial charge >= 0.3 is 23.9 Å². The highest BCUT2D eigenvalue weighted by molar-refractivity contribution is 6.37. The van der Waals surface area contributed by atoms with Crippen LogP contribution >= 0.6 is 0 Å². The van der Waals surface area contributed by atoms with Crippen LogP contribution in [-0.2, 0) is 5.67 Å². The molecule has 0 aliphatic carbocycles. The maximum atomic E-state index is 14.7. The van der Waals surface area contributed by atoms with Crippen molar-refractivity contribution in [2.24, 2.45) is 0 Å². The predicted octanol–water partition coefficient (Wildman–Crippen LogP) is 5.15. The average Bonchev–Trinajstić information content (AvgIpc) is 2.68. The number of hydrogen-bond donors (Lipinski definition) is 2. The monoisotopic (exact) mass is 486 g/mol. The number of benzene rings is 2. The van der Waals surface area contributed by atoms with Gasteiger partial charge in [0.05, 0.1) is 11.3 Å². The Balaban J connectivity index is 2.59. The lowest BCUT2D eigenvalue weighted by molar-refractivity contribution is -0.389. The van der Waals surface area contributed by atoms with Gasteiger partial charge in [-0.25, -0.2) is 8.78 Å². The van der Waals surface area contributed by atoms with E-state index in [0.29, 0.717) is 0 Å². The van der Waals surface area contributed by atoms with Crippen molar-refractivity contribution in [2.75, 3.05) is 17.7 Å². The fraction of sp³-hybridized carbons (Fsp3) is 0.316. The molecule has 2 aromatic carbocycles. The van der Waals surface area contributed by atoms with Crippen molar-refractivity contribution < 1.29 is 48.7 Å². The second-order valence-electron chi connectivity index (χ2n) is 6.86. The van der Waals surface area contributed by atoms with Gasteiger partial charge in [-0.2, -0.15) is 35.1 Å². The summed E-state index contributed by atoms with van der Waals surface area (Å²) in [4.78, 5) is 12.4. The molecule has 2 N–H and O–H groups in total. The molecular formula is C19H13BF10N2O. The maximum absolute atomic E-state index is 14.7. The summed E-state index contributed by atoms with van der Waals surface area (Å²) in [5, 5.41) is 4.48. The Bertz CT molecular complexity index is 1040. The minimum atomic E-state index is -6.90. The van der Waals surface area contributed by atoms with Crippen LogP contribution in [0.15, 0.2) is 30.3 Å². The smallest absolute Gasteiger partial charge is 0.386 e. The molecule has 2 rings (SSSR count). The number of carbonyl (C=O) groups is 1. The Morgan fingerprint density at radius 1 is 0.939 bits per heavy atom. The van der Waals surface area contributed by atoms with E-state index in [2.05, 4.69) is 5.32 Å². The van der Waals surface area contributed by atoms with Crippen LogP contribution in [0, 0.1) is 12.7 Å². The molecule has 1 unspecified atom stereocenters. The molecule has 0 spiro atoms. The third kappa shape index (κ3) is 4.34. The molecule has 2 radical (unpaired) electrons. The largest absolute Gasteiger partial charge is 0.457 e. The van der Waals surface area contributed by atoms with Crippen LogP contribution < -0.4 is 16.1 Å². The zero-order valence-corrected chi connectivity index (χ0v) is 16.7. The summed E-state index contributed by atoms with van der Waals surface area (Å²) in [5.74, 6) is -9.07. The summed E-state index contributed by atoms with van der Waals surface area (Å²) >= 11 is 0. The normalized spacial score (nSPS) is 14.5. The van der Waals surface area contributed by atoms with E-state index < -0.39 is 63.5 Å². The van der Waals surface area contributed by atoms with Gasteiger partial charge in [-0.05, 0) is 24.6 Å². The fourth-order valence-corrected chi connectivity index (χ4v) is 2.98. The Morgan fingerprint density at radius 3 is 1.97 bits per heavy atom. The van der Waals surface area contributed by atoms with E-state index in [0.717, 1.165) is 13.0 Å². The van der Waals surface area contributed by atoms with Crippen LogP contribution in [0.4, 0.5) is 55.3 Å². The highest BCUT2D eigenvalue weighted by Crippen LogP contribution is 2.58. The summed E-state index contributed by atoms with van der Waals surface area (Å²) in [6.07, 6.45) is -13.6. The topological polar surface area (TPSA) is 41.1 Å². The Morgan fingerprint density at radius 2 is 1.52 bits per heavy atom. The Hall–Kier alpha value is -2.93. The molecule has 1 atom stereocenters.